The molecule has 1 atom stereocenters. The predicted octanol–water partition coefficient (Wildman–Crippen LogP) is 6.23. The number of hydrogen-bond acceptors (Lipinski definition) is 9. The number of pyridine rings is 2. The van der Waals surface area contributed by atoms with Crippen molar-refractivity contribution in [3.63, 3.8) is 0 Å². The zero-order chi connectivity index (χ0) is 33.2. The molecule has 0 saturated carbocycles. The van der Waals surface area contributed by atoms with Gasteiger partial charge in [-0.3, -0.25) is 14.9 Å². The van der Waals surface area contributed by atoms with Gasteiger partial charge in [0.05, 0.1) is 35.2 Å². The molecule has 242 valence electrons. The number of amides is 2. The summed E-state index contributed by atoms with van der Waals surface area (Å²) in [5, 5.41) is 0.562. The second kappa shape index (κ2) is 13.2. The van der Waals surface area contributed by atoms with E-state index in [4.69, 9.17) is 13.8 Å². The Hall–Kier alpha value is -4.72. The number of fused-ring (bicyclic) bond motifs is 3. The lowest BCUT2D eigenvalue weighted by atomic mass is 10.0. The van der Waals surface area contributed by atoms with E-state index < -0.39 is 20.8 Å². The molecule has 0 fully saturated rings. The van der Waals surface area contributed by atoms with Crippen molar-refractivity contribution in [3.05, 3.63) is 103 Å². The molecule has 3 heterocycles. The third-order valence-electron chi connectivity index (χ3n) is 8.28. The molecule has 1 unspecified atom stereocenters. The van der Waals surface area contributed by atoms with Crippen LogP contribution in [0, 0.1) is 6.92 Å². The molecule has 12 heteroatoms. The van der Waals surface area contributed by atoms with E-state index in [1.165, 1.54) is 17.0 Å². The third-order valence-corrected chi connectivity index (χ3v) is 9.55. The number of aryl methyl sites for hydroxylation is 1. The van der Waals surface area contributed by atoms with Crippen LogP contribution in [-0.4, -0.2) is 72.0 Å². The van der Waals surface area contributed by atoms with E-state index in [0.29, 0.717) is 54.3 Å². The molecule has 3 aromatic carbocycles. The smallest absolute Gasteiger partial charge is 0.383 e. The summed E-state index contributed by atoms with van der Waals surface area (Å²) in [5.74, 6) is 0. The minimum atomic E-state index is -4.50. The van der Waals surface area contributed by atoms with Gasteiger partial charge in [0.2, 0.25) is 5.69 Å². The fourth-order valence-corrected chi connectivity index (χ4v) is 6.83. The van der Waals surface area contributed by atoms with Crippen molar-refractivity contribution < 1.29 is 27.0 Å². The molecular weight excluding hydrogens is 618 g/mol. The van der Waals surface area contributed by atoms with Gasteiger partial charge in [0.15, 0.2) is 5.69 Å². The van der Waals surface area contributed by atoms with E-state index in [0.717, 1.165) is 22.4 Å². The van der Waals surface area contributed by atoms with Crippen molar-refractivity contribution in [1.82, 2.24) is 14.6 Å². The first-order valence-corrected chi connectivity index (χ1v) is 16.5. The Bertz CT molecular complexity index is 2000. The van der Waals surface area contributed by atoms with Crippen LogP contribution >= 0.6 is 0 Å². The van der Waals surface area contributed by atoms with Gasteiger partial charge in [-0.25, -0.2) is 4.79 Å². The van der Waals surface area contributed by atoms with Crippen LogP contribution in [0.1, 0.15) is 5.56 Å². The molecule has 11 nitrogen and oxygen atoms in total. The second-order valence-electron chi connectivity index (χ2n) is 11.2. The van der Waals surface area contributed by atoms with Crippen molar-refractivity contribution in [2.75, 3.05) is 57.4 Å². The van der Waals surface area contributed by atoms with Gasteiger partial charge in [-0.15, -0.1) is 0 Å². The zero-order valence-corrected chi connectivity index (χ0v) is 27.5. The highest BCUT2D eigenvalue weighted by Crippen LogP contribution is 2.53. The monoisotopic (exact) mass is 654 g/mol. The fourth-order valence-electron chi connectivity index (χ4n) is 5.76. The Morgan fingerprint density at radius 1 is 0.872 bits per heavy atom. The lowest BCUT2D eigenvalue weighted by Crippen LogP contribution is -2.51. The number of ether oxygens (including phenoxy) is 2. The number of benzene rings is 3. The summed E-state index contributed by atoms with van der Waals surface area (Å²) in [6.45, 7) is 4.07. The van der Waals surface area contributed by atoms with Crippen LogP contribution in [0.25, 0.3) is 22.0 Å². The number of carbonyl (C=O) groups excluding carboxylic acids is 1. The summed E-state index contributed by atoms with van der Waals surface area (Å²) >= 11 is 0. The number of aromatic nitrogens is 2. The van der Waals surface area contributed by atoms with Gasteiger partial charge < -0.3 is 14.4 Å². The van der Waals surface area contributed by atoms with Crippen LogP contribution in [0.2, 0.25) is 0 Å². The largest absolute Gasteiger partial charge is 0.468 e. The summed E-state index contributed by atoms with van der Waals surface area (Å²) in [6, 6.07) is 22.3. The van der Waals surface area contributed by atoms with E-state index in [-0.39, 0.29) is 4.90 Å². The summed E-state index contributed by atoms with van der Waals surface area (Å²) in [6.07, 6.45) is 5.01. The van der Waals surface area contributed by atoms with Gasteiger partial charge in [0, 0.05) is 70.1 Å². The van der Waals surface area contributed by atoms with Crippen LogP contribution in [0.5, 0.6) is 0 Å². The molecule has 0 spiro atoms. The van der Waals surface area contributed by atoms with Crippen molar-refractivity contribution in [1.29, 1.82) is 0 Å². The topological polar surface area (TPSA) is 111 Å². The van der Waals surface area contributed by atoms with Gasteiger partial charge >= 0.3 is 16.1 Å². The molecule has 0 N–H and O–H groups in total. The van der Waals surface area contributed by atoms with Gasteiger partial charge in [-0.2, -0.15) is 8.42 Å². The standard InChI is InChI=1S/C35H36N5O6S/c1-25-7-14-30(15-8-25)47(42,43)46-40(29-12-10-28(11-13-29)39(18-20-44-3)19-21-45-4)34-31-22-26(27-6-5-17-36-23-27)9-16-32(31)37-24-33(34)38(2)35(40)41/h5-17,22-24H,18-21H2,1-4H3/q+1. The van der Waals surface area contributed by atoms with E-state index in [1.54, 1.807) is 64.1 Å². The zero-order valence-electron chi connectivity index (χ0n) is 26.7. The fraction of sp³-hybridized carbons (Fsp3) is 0.229. The van der Waals surface area contributed by atoms with Gasteiger partial charge in [0.1, 0.15) is 5.69 Å². The number of methoxy groups -OCH3 is 2. The number of anilines is 2. The van der Waals surface area contributed by atoms with Crippen molar-refractivity contribution >= 4 is 49.8 Å². The van der Waals surface area contributed by atoms with Crippen LogP contribution in [0.15, 0.2) is 102 Å². The van der Waals surface area contributed by atoms with Crippen LogP contribution < -0.4 is 14.4 Å². The van der Waals surface area contributed by atoms with Crippen molar-refractivity contribution in [3.8, 4) is 11.1 Å². The van der Waals surface area contributed by atoms with E-state index in [2.05, 4.69) is 14.9 Å². The van der Waals surface area contributed by atoms with E-state index >= 15 is 0 Å². The number of hydrogen-bond donors (Lipinski definition) is 0. The first kappa shape index (κ1) is 32.2. The second-order valence-corrected chi connectivity index (χ2v) is 12.8. The molecule has 2 amide bonds. The van der Waals surface area contributed by atoms with Crippen molar-refractivity contribution in [2.45, 2.75) is 11.8 Å². The molecule has 1 aliphatic heterocycles. The molecular formula is C35H36N5O6S+. The summed E-state index contributed by atoms with van der Waals surface area (Å²) in [5.41, 5.74) is 5.05. The van der Waals surface area contributed by atoms with Gasteiger partial charge in [-0.05, 0) is 63.9 Å². The highest BCUT2D eigenvalue weighted by Gasteiger charge is 2.60. The Kier molecular flexibility index (Phi) is 9.04. The van der Waals surface area contributed by atoms with Crippen LogP contribution in [0.4, 0.5) is 27.5 Å². The number of hydroxylamine groups is 1. The molecule has 2 aromatic heterocycles. The number of urea groups is 1. The quantitative estimate of drug-likeness (QED) is 0.145. The average molecular weight is 655 g/mol. The maximum Gasteiger partial charge on any atom is 0.468 e. The van der Waals surface area contributed by atoms with Crippen molar-refractivity contribution in [2.24, 2.45) is 0 Å². The van der Waals surface area contributed by atoms with Gasteiger partial charge in [-0.1, -0.05) is 29.8 Å². The average Bonchev–Trinajstić information content (AvgIpc) is 3.31. The highest BCUT2D eigenvalue weighted by atomic mass is 32.2. The first-order chi connectivity index (χ1) is 22.7. The Balaban J connectivity index is 1.58. The Morgan fingerprint density at radius 2 is 1.57 bits per heavy atom. The third kappa shape index (κ3) is 5.97. The van der Waals surface area contributed by atoms with E-state index in [9.17, 15) is 13.2 Å². The molecule has 0 aliphatic carbocycles. The predicted molar refractivity (Wildman–Crippen MR) is 182 cm³/mol. The molecule has 0 saturated heterocycles. The minimum Gasteiger partial charge on any atom is -0.383 e. The lowest BCUT2D eigenvalue weighted by Gasteiger charge is -2.28. The molecule has 0 bridgehead atoms. The molecule has 1 aliphatic rings. The van der Waals surface area contributed by atoms with Gasteiger partial charge in [0.25, 0.3) is 0 Å². The number of quaternary nitrogens is 1. The molecule has 47 heavy (non-hydrogen) atoms. The first-order valence-electron chi connectivity index (χ1n) is 15.1. The maximum absolute atomic E-state index is 14.6. The van der Waals surface area contributed by atoms with E-state index in [1.807, 2.05) is 49.4 Å². The SMILES string of the molecule is COCCN(CCOC)c1ccc([N+]2(OS(=O)(=O)c3ccc(C)cc3)C(=O)N(C)c3cnc4ccc(-c5cccnc5)cc4c32)cc1. The molecule has 5 aromatic rings. The highest BCUT2D eigenvalue weighted by molar-refractivity contribution is 7.86. The summed E-state index contributed by atoms with van der Waals surface area (Å²) in [4.78, 5) is 26.9. The minimum absolute atomic E-state index is 0.0687. The summed E-state index contributed by atoms with van der Waals surface area (Å²) < 4.78 is 44.0. The number of nitrogens with zero attached hydrogens (tertiary/aromatic N) is 5. The maximum atomic E-state index is 14.6. The normalized spacial score (nSPS) is 16.1. The Morgan fingerprint density at radius 3 is 2.21 bits per heavy atom. The van der Waals surface area contributed by atoms with Crippen LogP contribution in [-0.2, 0) is 23.9 Å². The lowest BCUT2D eigenvalue weighted by molar-refractivity contribution is 0.0639. The summed E-state index contributed by atoms with van der Waals surface area (Å²) in [7, 11) is 0.378. The molecule has 6 rings (SSSR count). The van der Waals surface area contributed by atoms with Crippen LogP contribution in [0.3, 0.4) is 0 Å². The Labute approximate surface area is 274 Å². The number of rotatable bonds is 12. The number of carbonyl (C=O) groups is 1. The molecule has 0 radical (unpaired) electrons.